The van der Waals surface area contributed by atoms with Crippen LogP contribution in [0.5, 0.6) is 11.5 Å². The van der Waals surface area contributed by atoms with Crippen LogP contribution in [-0.4, -0.2) is 41.3 Å². The molecular weight excluding hydrogens is 461 g/mol. The van der Waals surface area contributed by atoms with Crippen molar-refractivity contribution in [3.05, 3.63) is 83.7 Å². The van der Waals surface area contributed by atoms with Crippen LogP contribution in [0, 0.1) is 12.7 Å². The molecule has 0 saturated carbocycles. The van der Waals surface area contributed by atoms with Crippen LogP contribution in [0.15, 0.2) is 76.7 Å². The van der Waals surface area contributed by atoms with Gasteiger partial charge < -0.3 is 9.47 Å². The summed E-state index contributed by atoms with van der Waals surface area (Å²) in [5, 5.41) is 3.87. The van der Waals surface area contributed by atoms with Crippen LogP contribution >= 0.6 is 0 Å². The minimum Gasteiger partial charge on any atom is -0.493 e. The van der Waals surface area contributed by atoms with Crippen molar-refractivity contribution in [2.45, 2.75) is 11.8 Å². The van der Waals surface area contributed by atoms with Gasteiger partial charge in [-0.3, -0.25) is 9.10 Å². The van der Waals surface area contributed by atoms with Crippen molar-refractivity contribution >= 4 is 27.8 Å². The van der Waals surface area contributed by atoms with E-state index in [-0.39, 0.29) is 10.6 Å². The topological polar surface area (TPSA) is 97.3 Å². The summed E-state index contributed by atoms with van der Waals surface area (Å²) >= 11 is 0. The number of amides is 1. The zero-order valence-electron chi connectivity index (χ0n) is 18.9. The fourth-order valence-electron chi connectivity index (χ4n) is 3.07. The Morgan fingerprint density at radius 3 is 2.35 bits per heavy atom. The van der Waals surface area contributed by atoms with E-state index in [1.54, 1.807) is 30.3 Å². The molecule has 0 bridgehead atoms. The number of anilines is 1. The van der Waals surface area contributed by atoms with Gasteiger partial charge in [-0.2, -0.15) is 5.10 Å². The fraction of sp³-hybridized carbons (Fsp3) is 0.167. The summed E-state index contributed by atoms with van der Waals surface area (Å²) in [6.45, 7) is 1.13. The molecule has 0 aliphatic rings. The van der Waals surface area contributed by atoms with Crippen molar-refractivity contribution < 1.29 is 27.1 Å². The Bertz CT molecular complexity index is 1290. The number of carbonyl (C=O) groups excluding carboxylic acids is 1. The quantitative estimate of drug-likeness (QED) is 0.370. The number of halogens is 1. The molecule has 0 spiro atoms. The molecule has 3 rings (SSSR count). The number of ether oxygens (including phenoxy) is 2. The molecule has 3 aromatic rings. The van der Waals surface area contributed by atoms with Crippen molar-refractivity contribution in [3.8, 4) is 11.5 Å². The Morgan fingerprint density at radius 1 is 1.03 bits per heavy atom. The molecule has 10 heteroatoms. The molecule has 3 aromatic carbocycles. The third kappa shape index (κ3) is 5.70. The van der Waals surface area contributed by atoms with Crippen LogP contribution in [0.2, 0.25) is 0 Å². The molecule has 0 saturated heterocycles. The molecule has 0 aliphatic carbocycles. The van der Waals surface area contributed by atoms with E-state index < -0.39 is 28.3 Å². The van der Waals surface area contributed by atoms with Crippen LogP contribution < -0.4 is 19.2 Å². The lowest BCUT2D eigenvalue weighted by atomic mass is 10.2. The largest absolute Gasteiger partial charge is 0.493 e. The highest BCUT2D eigenvalue weighted by Crippen LogP contribution is 2.27. The second kappa shape index (κ2) is 10.8. The molecule has 34 heavy (non-hydrogen) atoms. The summed E-state index contributed by atoms with van der Waals surface area (Å²) in [5.74, 6) is -0.520. The van der Waals surface area contributed by atoms with Gasteiger partial charge in [0.05, 0.1) is 31.0 Å². The van der Waals surface area contributed by atoms with Crippen molar-refractivity contribution in [2.24, 2.45) is 5.10 Å². The number of para-hydroxylation sites is 1. The van der Waals surface area contributed by atoms with Crippen LogP contribution in [0.1, 0.15) is 11.1 Å². The first-order chi connectivity index (χ1) is 16.3. The van der Waals surface area contributed by atoms with E-state index in [4.69, 9.17) is 9.47 Å². The van der Waals surface area contributed by atoms with Crippen molar-refractivity contribution in [1.29, 1.82) is 0 Å². The lowest BCUT2D eigenvalue weighted by Gasteiger charge is -2.24. The van der Waals surface area contributed by atoms with Gasteiger partial charge in [0.2, 0.25) is 0 Å². The minimum atomic E-state index is -4.23. The van der Waals surface area contributed by atoms with Gasteiger partial charge in [0.1, 0.15) is 12.4 Å². The Balaban J connectivity index is 1.83. The lowest BCUT2D eigenvalue weighted by Crippen LogP contribution is -2.40. The van der Waals surface area contributed by atoms with E-state index in [0.29, 0.717) is 21.4 Å². The average Bonchev–Trinajstić information content (AvgIpc) is 2.83. The number of methoxy groups -OCH3 is 2. The number of rotatable bonds is 9. The predicted molar refractivity (Wildman–Crippen MR) is 127 cm³/mol. The molecule has 178 valence electrons. The minimum absolute atomic E-state index is 0.0667. The summed E-state index contributed by atoms with van der Waals surface area (Å²) in [4.78, 5) is 12.5. The Hall–Kier alpha value is -3.92. The van der Waals surface area contributed by atoms with Gasteiger partial charge in [-0.1, -0.05) is 29.8 Å². The van der Waals surface area contributed by atoms with E-state index >= 15 is 0 Å². The molecule has 0 radical (unpaired) electrons. The summed E-state index contributed by atoms with van der Waals surface area (Å²) < 4.78 is 52.2. The summed E-state index contributed by atoms with van der Waals surface area (Å²) in [5.41, 5.74) is 3.50. The number of hydrazone groups is 1. The maximum absolute atomic E-state index is 14.5. The maximum atomic E-state index is 14.5. The van der Waals surface area contributed by atoms with E-state index in [1.807, 2.05) is 6.92 Å². The number of hydrogen-bond acceptors (Lipinski definition) is 6. The van der Waals surface area contributed by atoms with E-state index in [1.165, 1.54) is 50.8 Å². The standard InChI is InChI=1S/C24H24FN3O5S/c1-17-8-11-19(12-9-17)34(30,31)28(21-7-5-4-6-20(21)25)16-24(29)27-26-15-18-10-13-22(32-2)23(14-18)33-3/h4-15H,16H2,1-3H3,(H,27,29)/b26-15-. The molecule has 0 aromatic heterocycles. The molecule has 1 amide bonds. The highest BCUT2D eigenvalue weighted by atomic mass is 32.2. The first-order valence-electron chi connectivity index (χ1n) is 10.1. The summed E-state index contributed by atoms with van der Waals surface area (Å²) in [7, 11) is -1.23. The van der Waals surface area contributed by atoms with E-state index in [0.717, 1.165) is 11.6 Å². The van der Waals surface area contributed by atoms with Gasteiger partial charge >= 0.3 is 0 Å². The second-order valence-corrected chi connectivity index (χ2v) is 9.05. The van der Waals surface area contributed by atoms with Crippen LogP contribution in [-0.2, 0) is 14.8 Å². The van der Waals surface area contributed by atoms with E-state index in [9.17, 15) is 17.6 Å². The van der Waals surface area contributed by atoms with Crippen molar-refractivity contribution in [1.82, 2.24) is 5.43 Å². The highest BCUT2D eigenvalue weighted by Gasteiger charge is 2.29. The Labute approximate surface area is 197 Å². The van der Waals surface area contributed by atoms with Gasteiger partial charge in [0.15, 0.2) is 11.5 Å². The molecule has 0 fully saturated rings. The second-order valence-electron chi connectivity index (χ2n) is 7.18. The normalized spacial score (nSPS) is 11.3. The van der Waals surface area contributed by atoms with Crippen molar-refractivity contribution in [3.63, 3.8) is 0 Å². The molecule has 8 nitrogen and oxygen atoms in total. The van der Waals surface area contributed by atoms with Gasteiger partial charge in [0, 0.05) is 0 Å². The Kier molecular flexibility index (Phi) is 7.85. The van der Waals surface area contributed by atoms with Crippen molar-refractivity contribution in [2.75, 3.05) is 25.1 Å². The number of hydrogen-bond donors (Lipinski definition) is 1. The molecular formula is C24H24FN3O5S. The SMILES string of the molecule is COc1ccc(/C=N\NC(=O)CN(c2ccccc2F)S(=O)(=O)c2ccc(C)cc2)cc1OC. The number of sulfonamides is 1. The number of nitrogens with zero attached hydrogens (tertiary/aromatic N) is 2. The lowest BCUT2D eigenvalue weighted by molar-refractivity contribution is -0.119. The third-order valence-electron chi connectivity index (χ3n) is 4.83. The monoisotopic (exact) mass is 485 g/mol. The molecule has 1 N–H and O–H groups in total. The first kappa shape index (κ1) is 24.7. The average molecular weight is 486 g/mol. The van der Waals surface area contributed by atoms with Gasteiger partial charge in [-0.15, -0.1) is 0 Å². The maximum Gasteiger partial charge on any atom is 0.264 e. The predicted octanol–water partition coefficient (Wildman–Crippen LogP) is 3.50. The van der Waals surface area contributed by atoms with Crippen LogP contribution in [0.3, 0.4) is 0 Å². The summed E-state index contributed by atoms with van der Waals surface area (Å²) in [6.07, 6.45) is 1.36. The fourth-order valence-corrected chi connectivity index (χ4v) is 4.50. The first-order valence-corrected chi connectivity index (χ1v) is 11.6. The molecule has 0 unspecified atom stereocenters. The number of nitrogens with one attached hydrogen (secondary N) is 1. The Morgan fingerprint density at radius 2 is 1.71 bits per heavy atom. The number of benzene rings is 3. The van der Waals surface area contributed by atoms with E-state index in [2.05, 4.69) is 10.5 Å². The summed E-state index contributed by atoms with van der Waals surface area (Å²) in [6, 6.07) is 16.4. The highest BCUT2D eigenvalue weighted by molar-refractivity contribution is 7.92. The third-order valence-corrected chi connectivity index (χ3v) is 6.60. The molecule has 0 heterocycles. The van der Waals surface area contributed by atoms with Crippen LogP contribution in [0.25, 0.3) is 0 Å². The molecule has 0 aliphatic heterocycles. The number of carbonyl (C=O) groups is 1. The number of aryl methyl sites for hydroxylation is 1. The smallest absolute Gasteiger partial charge is 0.264 e. The zero-order valence-corrected chi connectivity index (χ0v) is 19.7. The van der Waals surface area contributed by atoms with Crippen LogP contribution in [0.4, 0.5) is 10.1 Å². The molecule has 0 atom stereocenters. The zero-order chi connectivity index (χ0) is 24.7. The van der Waals surface area contributed by atoms with Gasteiger partial charge in [-0.25, -0.2) is 18.2 Å². The van der Waals surface area contributed by atoms with Gasteiger partial charge in [-0.05, 0) is 55.0 Å². The van der Waals surface area contributed by atoms with Gasteiger partial charge in [0.25, 0.3) is 15.9 Å².